The highest BCUT2D eigenvalue weighted by molar-refractivity contribution is 5.49. The first-order chi connectivity index (χ1) is 9.22. The molecule has 0 aromatic heterocycles. The van der Waals surface area contributed by atoms with Crippen LogP contribution >= 0.6 is 0 Å². The fraction of sp³-hybridized carbons (Fsp3) is 0.571. The lowest BCUT2D eigenvalue weighted by Gasteiger charge is -2.29. The van der Waals surface area contributed by atoms with Crippen molar-refractivity contribution in [1.29, 1.82) is 0 Å². The summed E-state index contributed by atoms with van der Waals surface area (Å²) in [5.74, 6) is -0.197. The molecule has 0 bridgehead atoms. The molecule has 0 saturated carbocycles. The van der Waals surface area contributed by atoms with E-state index in [2.05, 4.69) is 5.32 Å². The van der Waals surface area contributed by atoms with Crippen LogP contribution in [0.3, 0.4) is 0 Å². The molecule has 19 heavy (non-hydrogen) atoms. The Hall–Kier alpha value is -1.17. The van der Waals surface area contributed by atoms with Crippen molar-refractivity contribution in [3.05, 3.63) is 29.6 Å². The van der Waals surface area contributed by atoms with Crippen LogP contribution in [-0.2, 0) is 4.74 Å². The summed E-state index contributed by atoms with van der Waals surface area (Å²) in [4.78, 5) is 2.01. The van der Waals surface area contributed by atoms with Crippen LogP contribution in [0, 0.1) is 5.82 Å². The van der Waals surface area contributed by atoms with Crippen LogP contribution in [-0.4, -0.2) is 44.6 Å². The quantitative estimate of drug-likeness (QED) is 0.845. The molecule has 0 spiro atoms. The second kappa shape index (κ2) is 6.84. The monoisotopic (exact) mass is 268 g/mol. The Labute approximate surface area is 113 Å². The zero-order chi connectivity index (χ0) is 13.7. The minimum atomic E-state index is -0.197. The van der Waals surface area contributed by atoms with Gasteiger partial charge in [-0.2, -0.15) is 0 Å². The van der Waals surface area contributed by atoms with E-state index in [0.717, 1.165) is 18.7 Å². The molecular weight excluding hydrogens is 247 g/mol. The average Bonchev–Trinajstić information content (AvgIpc) is 2.45. The Morgan fingerprint density at radius 2 is 2.16 bits per heavy atom. The van der Waals surface area contributed by atoms with Gasteiger partial charge >= 0.3 is 0 Å². The molecule has 1 aliphatic rings. The van der Waals surface area contributed by atoms with Gasteiger partial charge in [0.1, 0.15) is 5.82 Å². The molecule has 0 amide bonds. The Kier molecular flexibility index (Phi) is 5.13. The van der Waals surface area contributed by atoms with Crippen molar-refractivity contribution in [2.75, 3.05) is 44.4 Å². The maximum Gasteiger partial charge on any atom is 0.146 e. The maximum absolute atomic E-state index is 14.2. The molecule has 106 valence electrons. The first kappa shape index (κ1) is 14.2. The Morgan fingerprint density at radius 3 is 2.79 bits per heavy atom. The van der Waals surface area contributed by atoms with Crippen molar-refractivity contribution in [3.8, 4) is 0 Å². The first-order valence-electron chi connectivity index (χ1n) is 6.68. The maximum atomic E-state index is 14.2. The summed E-state index contributed by atoms with van der Waals surface area (Å²) in [5.41, 5.74) is 1.53. The molecular formula is C14H21FN2O2. The van der Waals surface area contributed by atoms with Gasteiger partial charge in [-0.05, 0) is 24.6 Å². The number of hydrogen-bond acceptors (Lipinski definition) is 4. The molecule has 2 N–H and O–H groups in total. The number of anilines is 1. The smallest absolute Gasteiger partial charge is 0.146 e. The van der Waals surface area contributed by atoms with Crippen molar-refractivity contribution in [2.45, 2.75) is 13.0 Å². The second-order valence-corrected chi connectivity index (χ2v) is 4.71. The van der Waals surface area contributed by atoms with Crippen molar-refractivity contribution >= 4 is 5.69 Å². The molecule has 1 heterocycles. The Bertz CT molecular complexity index is 408. The first-order valence-corrected chi connectivity index (χ1v) is 6.68. The molecule has 1 aromatic carbocycles. The lowest BCUT2D eigenvalue weighted by atomic mass is 10.1. The molecule has 1 aliphatic heterocycles. The minimum absolute atomic E-state index is 0.0281. The van der Waals surface area contributed by atoms with Crippen LogP contribution in [0.2, 0.25) is 0 Å². The molecule has 1 atom stereocenters. The average molecular weight is 268 g/mol. The highest BCUT2D eigenvalue weighted by Gasteiger charge is 2.16. The third-order valence-electron chi connectivity index (χ3n) is 3.39. The van der Waals surface area contributed by atoms with Gasteiger partial charge in [-0.15, -0.1) is 0 Å². The van der Waals surface area contributed by atoms with E-state index < -0.39 is 0 Å². The van der Waals surface area contributed by atoms with E-state index in [1.54, 1.807) is 6.07 Å². The molecule has 5 heteroatoms. The van der Waals surface area contributed by atoms with Gasteiger partial charge in [0.2, 0.25) is 0 Å². The molecule has 1 saturated heterocycles. The van der Waals surface area contributed by atoms with E-state index in [0.29, 0.717) is 25.4 Å². The number of rotatable bonds is 5. The number of aliphatic hydroxyl groups excluding tert-OH is 1. The summed E-state index contributed by atoms with van der Waals surface area (Å²) in [5, 5.41) is 11.9. The molecule has 2 rings (SSSR count). The zero-order valence-electron chi connectivity index (χ0n) is 11.2. The predicted molar refractivity (Wildman–Crippen MR) is 72.9 cm³/mol. The molecule has 0 aliphatic carbocycles. The van der Waals surface area contributed by atoms with Crippen LogP contribution in [0.25, 0.3) is 0 Å². The van der Waals surface area contributed by atoms with Crippen LogP contribution in [0.15, 0.2) is 18.2 Å². The SMILES string of the molecule is C[C@H](NCCO)c1ccc(N2CCOCC2)c(F)c1. The van der Waals surface area contributed by atoms with Gasteiger partial charge < -0.3 is 20.1 Å². The van der Waals surface area contributed by atoms with Gasteiger partial charge in [-0.3, -0.25) is 0 Å². The van der Waals surface area contributed by atoms with Crippen LogP contribution < -0.4 is 10.2 Å². The number of aliphatic hydroxyl groups is 1. The van der Waals surface area contributed by atoms with E-state index in [4.69, 9.17) is 9.84 Å². The molecule has 4 nitrogen and oxygen atoms in total. The Balaban J connectivity index is 2.07. The normalized spacial score (nSPS) is 17.5. The van der Waals surface area contributed by atoms with E-state index >= 15 is 0 Å². The lowest BCUT2D eigenvalue weighted by Crippen LogP contribution is -2.36. The van der Waals surface area contributed by atoms with Crippen LogP contribution in [0.5, 0.6) is 0 Å². The standard InChI is InChI=1S/C14H21FN2O2/c1-11(16-4-7-18)12-2-3-14(13(15)10-12)17-5-8-19-9-6-17/h2-3,10-11,16,18H,4-9H2,1H3/t11-/m0/s1. The zero-order valence-corrected chi connectivity index (χ0v) is 11.2. The summed E-state index contributed by atoms with van der Waals surface area (Å²) in [6.45, 7) is 5.31. The third-order valence-corrected chi connectivity index (χ3v) is 3.39. The largest absolute Gasteiger partial charge is 0.395 e. The molecule has 0 radical (unpaired) electrons. The van der Waals surface area contributed by atoms with Gasteiger partial charge in [0, 0.05) is 25.7 Å². The van der Waals surface area contributed by atoms with Crippen molar-refractivity contribution < 1.29 is 14.2 Å². The molecule has 0 unspecified atom stereocenters. The Morgan fingerprint density at radius 1 is 1.42 bits per heavy atom. The summed E-state index contributed by atoms with van der Waals surface area (Å²) in [6.07, 6.45) is 0. The van der Waals surface area contributed by atoms with Gasteiger partial charge in [-0.25, -0.2) is 4.39 Å². The lowest BCUT2D eigenvalue weighted by molar-refractivity contribution is 0.122. The number of halogens is 1. The minimum Gasteiger partial charge on any atom is -0.395 e. The van der Waals surface area contributed by atoms with Gasteiger partial charge in [0.15, 0.2) is 0 Å². The second-order valence-electron chi connectivity index (χ2n) is 4.71. The highest BCUT2D eigenvalue weighted by Crippen LogP contribution is 2.24. The van der Waals surface area contributed by atoms with Crippen LogP contribution in [0.4, 0.5) is 10.1 Å². The van der Waals surface area contributed by atoms with Gasteiger partial charge in [0.25, 0.3) is 0 Å². The van der Waals surface area contributed by atoms with E-state index in [1.807, 2.05) is 24.0 Å². The summed E-state index contributed by atoms with van der Waals surface area (Å²) in [7, 11) is 0. The van der Waals surface area contributed by atoms with E-state index in [1.165, 1.54) is 0 Å². The number of benzene rings is 1. The third kappa shape index (κ3) is 3.65. The fourth-order valence-corrected chi connectivity index (χ4v) is 2.25. The summed E-state index contributed by atoms with van der Waals surface area (Å²) in [6, 6.07) is 5.36. The number of hydrogen-bond donors (Lipinski definition) is 2. The number of ether oxygens (including phenoxy) is 1. The van der Waals surface area contributed by atoms with Crippen molar-refractivity contribution in [2.24, 2.45) is 0 Å². The number of morpholine rings is 1. The van der Waals surface area contributed by atoms with E-state index in [-0.39, 0.29) is 18.5 Å². The van der Waals surface area contributed by atoms with Gasteiger partial charge in [0.05, 0.1) is 25.5 Å². The predicted octanol–water partition coefficient (Wildman–Crippen LogP) is 1.31. The number of nitrogens with zero attached hydrogens (tertiary/aromatic N) is 1. The fourth-order valence-electron chi connectivity index (χ4n) is 2.25. The number of nitrogens with one attached hydrogen (secondary N) is 1. The topological polar surface area (TPSA) is 44.7 Å². The van der Waals surface area contributed by atoms with Crippen molar-refractivity contribution in [3.63, 3.8) is 0 Å². The molecule has 1 aromatic rings. The summed E-state index contributed by atoms with van der Waals surface area (Å²) >= 11 is 0. The van der Waals surface area contributed by atoms with Gasteiger partial charge in [-0.1, -0.05) is 6.07 Å². The molecule has 1 fully saturated rings. The van der Waals surface area contributed by atoms with Crippen LogP contribution in [0.1, 0.15) is 18.5 Å². The summed E-state index contributed by atoms with van der Waals surface area (Å²) < 4.78 is 19.4. The van der Waals surface area contributed by atoms with Crippen molar-refractivity contribution in [1.82, 2.24) is 5.32 Å². The van der Waals surface area contributed by atoms with E-state index in [9.17, 15) is 4.39 Å². The highest BCUT2D eigenvalue weighted by atomic mass is 19.1.